The lowest BCUT2D eigenvalue weighted by Gasteiger charge is -2.13. The number of carbonyl (C=O) groups excluding carboxylic acids is 2. The van der Waals surface area contributed by atoms with E-state index in [1.807, 2.05) is 0 Å². The van der Waals surface area contributed by atoms with Crippen LogP contribution >= 0.6 is 0 Å². The first-order chi connectivity index (χ1) is 8.63. The zero-order valence-corrected chi connectivity index (χ0v) is 9.55. The third-order valence-corrected chi connectivity index (χ3v) is 2.19. The van der Waals surface area contributed by atoms with Crippen LogP contribution in [0.1, 0.15) is 12.1 Å². The number of amides is 2. The number of aliphatic carboxylic acids is 1. The van der Waals surface area contributed by atoms with Crippen LogP contribution < -0.4 is 10.6 Å². The highest BCUT2D eigenvalue weighted by Gasteiger charge is 2.20. The lowest BCUT2D eigenvalue weighted by Crippen LogP contribution is -2.43. The molecule has 8 heteroatoms. The third kappa shape index (κ3) is 4.64. The topological polar surface area (TPSA) is 124 Å². The summed E-state index contributed by atoms with van der Waals surface area (Å²) in [4.78, 5) is 38.9. The molecule has 0 spiro atoms. The largest absolute Gasteiger partial charge is 0.480 e. The van der Waals surface area contributed by atoms with E-state index in [-0.39, 0.29) is 19.4 Å². The molecule has 98 valence electrons. The van der Waals surface area contributed by atoms with Gasteiger partial charge in [-0.2, -0.15) is 0 Å². The first-order valence-corrected chi connectivity index (χ1v) is 5.30. The molecule has 18 heavy (non-hydrogen) atoms. The van der Waals surface area contributed by atoms with Crippen molar-refractivity contribution in [2.24, 2.45) is 0 Å². The molecule has 2 amide bonds. The Bertz CT molecular complexity index is 404. The maximum absolute atomic E-state index is 11.4. The summed E-state index contributed by atoms with van der Waals surface area (Å²) in [6.07, 6.45) is 3.57. The van der Waals surface area contributed by atoms with Crippen molar-refractivity contribution in [2.75, 3.05) is 6.54 Å². The number of imidazole rings is 1. The van der Waals surface area contributed by atoms with E-state index in [4.69, 9.17) is 5.11 Å². The summed E-state index contributed by atoms with van der Waals surface area (Å²) in [5.41, 5.74) is 0.619. The molecule has 0 saturated carbocycles. The number of H-pyrrole nitrogens is 1. The van der Waals surface area contributed by atoms with Gasteiger partial charge in [0.25, 0.3) is 0 Å². The van der Waals surface area contributed by atoms with Crippen molar-refractivity contribution in [2.45, 2.75) is 18.9 Å². The fourth-order valence-electron chi connectivity index (χ4n) is 1.33. The second-order valence-electron chi connectivity index (χ2n) is 3.56. The predicted octanol–water partition coefficient (Wildman–Crippen LogP) is -1.34. The summed E-state index contributed by atoms with van der Waals surface area (Å²) in [5.74, 6) is -1.56. The third-order valence-electron chi connectivity index (χ3n) is 2.19. The number of aromatic amines is 1. The van der Waals surface area contributed by atoms with Crippen molar-refractivity contribution in [1.82, 2.24) is 20.6 Å². The van der Waals surface area contributed by atoms with Crippen molar-refractivity contribution in [1.29, 1.82) is 0 Å². The molecular formula is C10H14N4O4. The Hall–Kier alpha value is -2.38. The van der Waals surface area contributed by atoms with Gasteiger partial charge in [0.15, 0.2) is 0 Å². The molecule has 1 aromatic rings. The number of hydrogen-bond donors (Lipinski definition) is 4. The highest BCUT2D eigenvalue weighted by Crippen LogP contribution is 1.99. The lowest BCUT2D eigenvalue weighted by molar-refractivity contribution is -0.141. The molecule has 8 nitrogen and oxygen atoms in total. The minimum absolute atomic E-state index is 0.0332. The van der Waals surface area contributed by atoms with Crippen LogP contribution in [0.15, 0.2) is 12.5 Å². The van der Waals surface area contributed by atoms with Crippen LogP contribution in [-0.2, 0) is 20.8 Å². The van der Waals surface area contributed by atoms with E-state index in [9.17, 15) is 14.4 Å². The molecule has 0 unspecified atom stereocenters. The van der Waals surface area contributed by atoms with Gasteiger partial charge in [-0.25, -0.2) is 9.78 Å². The van der Waals surface area contributed by atoms with Crippen LogP contribution in [0.3, 0.4) is 0 Å². The van der Waals surface area contributed by atoms with Crippen LogP contribution in [0.4, 0.5) is 0 Å². The van der Waals surface area contributed by atoms with Crippen molar-refractivity contribution >= 4 is 18.3 Å². The summed E-state index contributed by atoms with van der Waals surface area (Å²) >= 11 is 0. The van der Waals surface area contributed by atoms with Gasteiger partial charge in [-0.05, 0) is 0 Å². The smallest absolute Gasteiger partial charge is 0.326 e. The molecule has 1 rings (SSSR count). The number of carboxylic acid groups (broad SMARTS) is 1. The number of carboxylic acids is 1. The van der Waals surface area contributed by atoms with Gasteiger partial charge in [-0.15, -0.1) is 0 Å². The minimum Gasteiger partial charge on any atom is -0.480 e. The maximum atomic E-state index is 11.4. The van der Waals surface area contributed by atoms with E-state index in [1.165, 1.54) is 12.5 Å². The Morgan fingerprint density at radius 2 is 2.33 bits per heavy atom. The van der Waals surface area contributed by atoms with Gasteiger partial charge in [-0.3, -0.25) is 9.59 Å². The molecular weight excluding hydrogens is 240 g/mol. The first kappa shape index (κ1) is 13.7. The van der Waals surface area contributed by atoms with Gasteiger partial charge >= 0.3 is 5.97 Å². The quantitative estimate of drug-likeness (QED) is 0.337. The Balaban J connectivity index is 2.45. The molecule has 0 aliphatic rings. The molecule has 1 heterocycles. The molecule has 0 radical (unpaired) electrons. The van der Waals surface area contributed by atoms with Crippen molar-refractivity contribution in [3.05, 3.63) is 18.2 Å². The van der Waals surface area contributed by atoms with E-state index in [1.54, 1.807) is 0 Å². The van der Waals surface area contributed by atoms with Gasteiger partial charge in [0, 0.05) is 31.3 Å². The zero-order valence-electron chi connectivity index (χ0n) is 9.55. The van der Waals surface area contributed by atoms with Crippen molar-refractivity contribution in [3.8, 4) is 0 Å². The highest BCUT2D eigenvalue weighted by atomic mass is 16.4. The van der Waals surface area contributed by atoms with Crippen LogP contribution in [0, 0.1) is 0 Å². The monoisotopic (exact) mass is 254 g/mol. The van der Waals surface area contributed by atoms with E-state index < -0.39 is 17.9 Å². The Labute approximate surface area is 103 Å². The summed E-state index contributed by atoms with van der Waals surface area (Å²) in [6, 6.07) is -1.02. The molecule has 1 atom stereocenters. The number of carbonyl (C=O) groups is 3. The normalized spacial score (nSPS) is 11.6. The zero-order chi connectivity index (χ0) is 13.4. The number of nitrogens with zero attached hydrogens (tertiary/aromatic N) is 1. The number of rotatable bonds is 8. The molecule has 1 aromatic heterocycles. The van der Waals surface area contributed by atoms with Gasteiger partial charge in [-0.1, -0.05) is 0 Å². The highest BCUT2D eigenvalue weighted by molar-refractivity contribution is 5.83. The van der Waals surface area contributed by atoms with Gasteiger partial charge in [0.05, 0.1) is 6.33 Å². The van der Waals surface area contributed by atoms with Crippen LogP contribution in [-0.4, -0.2) is 45.9 Å². The first-order valence-electron chi connectivity index (χ1n) is 5.30. The second-order valence-corrected chi connectivity index (χ2v) is 3.56. The molecule has 0 aliphatic heterocycles. The fraction of sp³-hybridized carbons (Fsp3) is 0.400. The summed E-state index contributed by atoms with van der Waals surface area (Å²) in [5, 5.41) is 13.7. The van der Waals surface area contributed by atoms with Crippen LogP contribution in [0.25, 0.3) is 0 Å². The van der Waals surface area contributed by atoms with Crippen LogP contribution in [0.2, 0.25) is 0 Å². The standard InChI is InChI=1S/C10H14N4O4/c15-6-11-2-1-9(16)14-8(10(17)18)3-7-4-12-5-13-7/h4-6,8H,1-3H2,(H,11,15)(H,12,13)(H,14,16)(H,17,18)/t8-/m0/s1. The van der Waals surface area contributed by atoms with E-state index in [0.717, 1.165) is 0 Å². The Morgan fingerprint density at radius 3 is 2.89 bits per heavy atom. The van der Waals surface area contributed by atoms with E-state index in [0.29, 0.717) is 12.1 Å². The number of nitrogens with one attached hydrogen (secondary N) is 3. The van der Waals surface area contributed by atoms with Crippen molar-refractivity contribution < 1.29 is 19.5 Å². The van der Waals surface area contributed by atoms with Crippen molar-refractivity contribution in [3.63, 3.8) is 0 Å². The molecule has 0 bridgehead atoms. The predicted molar refractivity (Wildman–Crippen MR) is 60.5 cm³/mol. The Kier molecular flexibility index (Phi) is 5.36. The summed E-state index contributed by atoms with van der Waals surface area (Å²) < 4.78 is 0. The summed E-state index contributed by atoms with van der Waals surface area (Å²) in [6.45, 7) is 0.172. The average molecular weight is 254 g/mol. The van der Waals surface area contributed by atoms with Gasteiger partial charge < -0.3 is 20.7 Å². The molecule has 4 N–H and O–H groups in total. The second kappa shape index (κ2) is 7.05. The lowest BCUT2D eigenvalue weighted by atomic mass is 10.1. The molecule has 0 aliphatic carbocycles. The van der Waals surface area contributed by atoms with E-state index >= 15 is 0 Å². The summed E-state index contributed by atoms with van der Waals surface area (Å²) in [7, 11) is 0. The maximum Gasteiger partial charge on any atom is 0.326 e. The number of hydrogen-bond acceptors (Lipinski definition) is 4. The molecule has 0 aromatic carbocycles. The SMILES string of the molecule is O=CNCCC(=O)N[C@@H](Cc1cnc[nH]1)C(=O)O. The number of aromatic nitrogens is 2. The van der Waals surface area contributed by atoms with Gasteiger partial charge in [0.2, 0.25) is 12.3 Å². The fourth-order valence-corrected chi connectivity index (χ4v) is 1.33. The minimum atomic E-state index is -1.12. The molecule has 0 saturated heterocycles. The van der Waals surface area contributed by atoms with E-state index in [2.05, 4.69) is 20.6 Å². The molecule has 0 fully saturated rings. The van der Waals surface area contributed by atoms with Crippen LogP contribution in [0.5, 0.6) is 0 Å². The average Bonchev–Trinajstić information content (AvgIpc) is 2.81. The Morgan fingerprint density at radius 1 is 1.56 bits per heavy atom. The van der Waals surface area contributed by atoms with Gasteiger partial charge in [0.1, 0.15) is 6.04 Å².